The molecule has 0 radical (unpaired) electrons. The van der Waals surface area contributed by atoms with Crippen LogP contribution in [0.25, 0.3) is 0 Å². The zero-order valence-corrected chi connectivity index (χ0v) is 33.1. The highest BCUT2D eigenvalue weighted by Crippen LogP contribution is 2.46. The third-order valence-corrected chi connectivity index (χ3v) is 14.7. The Hall–Kier alpha value is -3.00. The number of fused-ring (bicyclic) bond motifs is 5. The molecule has 302 valence electrons. The molecule has 1 saturated carbocycles. The summed E-state index contributed by atoms with van der Waals surface area (Å²) >= 11 is 6.39. The number of nitrogens with zero attached hydrogens (tertiary/aromatic N) is 2. The maximum absolute atomic E-state index is 13.6. The van der Waals surface area contributed by atoms with Gasteiger partial charge in [0, 0.05) is 80.9 Å². The fourth-order valence-corrected chi connectivity index (χ4v) is 11.1. The van der Waals surface area contributed by atoms with Crippen LogP contribution in [0.5, 0.6) is 5.75 Å². The Morgan fingerprint density at radius 1 is 1.11 bits per heavy atom. The van der Waals surface area contributed by atoms with E-state index in [0.29, 0.717) is 37.9 Å². The molecule has 55 heavy (non-hydrogen) atoms. The molecule has 2 aliphatic carbocycles. The number of hydrogen-bond donors (Lipinski definition) is 2. The van der Waals surface area contributed by atoms with Crippen LogP contribution in [0.3, 0.4) is 0 Å². The summed E-state index contributed by atoms with van der Waals surface area (Å²) in [6.45, 7) is 10.3. The first-order valence-corrected chi connectivity index (χ1v) is 21.6. The number of methoxy groups -OCH3 is 1. The van der Waals surface area contributed by atoms with Crippen molar-refractivity contribution in [2.75, 3.05) is 77.7 Å². The molecule has 13 heteroatoms. The average molecular weight is 799 g/mol. The van der Waals surface area contributed by atoms with Crippen LogP contribution in [0.15, 0.2) is 48.6 Å². The van der Waals surface area contributed by atoms with Crippen LogP contribution in [0, 0.1) is 17.8 Å². The molecule has 2 aromatic carbocycles. The minimum absolute atomic E-state index is 0. The van der Waals surface area contributed by atoms with E-state index in [1.807, 2.05) is 13.0 Å². The lowest BCUT2D eigenvalue weighted by molar-refractivity contribution is -0.122. The number of halogens is 1. The SMILES string of the molecule is C.C1CN2CCOC[C@@H]2CN1.COCC[C@@H]1[C@@H](C)C/C=C/C(=O)[C@@H]2CC[C@H]2CN2C[C@@]3(CCCc4cc(Cl)ccc43)COc3ccc(cc32)C(=O)NS1(=O)=O. The number of hydrogen-bond acceptors (Lipinski definition) is 10. The zero-order valence-electron chi connectivity index (χ0n) is 31.6. The topological polar surface area (TPSA) is 127 Å². The van der Waals surface area contributed by atoms with Crippen molar-refractivity contribution in [1.29, 1.82) is 0 Å². The van der Waals surface area contributed by atoms with Crippen molar-refractivity contribution in [3.8, 4) is 5.75 Å². The van der Waals surface area contributed by atoms with E-state index in [0.717, 1.165) is 75.7 Å². The molecule has 6 atom stereocenters. The van der Waals surface area contributed by atoms with Crippen LogP contribution in [-0.2, 0) is 36.1 Å². The number of rotatable bonds is 3. The Morgan fingerprint density at radius 2 is 1.96 bits per heavy atom. The van der Waals surface area contributed by atoms with Gasteiger partial charge < -0.3 is 24.4 Å². The molecular weight excluding hydrogens is 740 g/mol. The molecule has 3 fully saturated rings. The summed E-state index contributed by atoms with van der Waals surface area (Å²) in [5.41, 5.74) is 3.17. The van der Waals surface area contributed by atoms with E-state index >= 15 is 0 Å². The summed E-state index contributed by atoms with van der Waals surface area (Å²) in [6, 6.07) is 11.9. The molecule has 0 unspecified atom stereocenters. The van der Waals surface area contributed by atoms with Gasteiger partial charge in [-0.05, 0) is 104 Å². The Bertz CT molecular complexity index is 1800. The van der Waals surface area contributed by atoms with Gasteiger partial charge in [0.2, 0.25) is 10.0 Å². The van der Waals surface area contributed by atoms with Crippen molar-refractivity contribution in [2.45, 2.75) is 76.0 Å². The first kappa shape index (κ1) is 41.6. The number of ketones is 1. The second-order valence-corrected chi connectivity index (χ2v) is 18.3. The highest BCUT2D eigenvalue weighted by Gasteiger charge is 2.44. The van der Waals surface area contributed by atoms with Crippen molar-refractivity contribution in [2.24, 2.45) is 17.8 Å². The highest BCUT2D eigenvalue weighted by molar-refractivity contribution is 7.90. The molecule has 2 bridgehead atoms. The molecule has 4 heterocycles. The number of ether oxygens (including phenoxy) is 3. The third kappa shape index (κ3) is 9.26. The fraction of sp³-hybridized carbons (Fsp3) is 0.619. The number of aryl methyl sites for hydroxylation is 1. The lowest BCUT2D eigenvalue weighted by Crippen LogP contribution is -2.56. The number of allylic oxidation sites excluding steroid dienone is 2. The van der Waals surface area contributed by atoms with E-state index in [1.165, 1.54) is 24.8 Å². The number of carbonyl (C=O) groups excluding carboxylic acids is 2. The van der Waals surface area contributed by atoms with Crippen LogP contribution >= 0.6 is 11.6 Å². The van der Waals surface area contributed by atoms with E-state index in [4.69, 9.17) is 25.8 Å². The molecule has 2 N–H and O–H groups in total. The number of sulfonamides is 1. The number of benzene rings is 2. The Labute approximate surface area is 332 Å². The van der Waals surface area contributed by atoms with Crippen LogP contribution in [0.1, 0.15) is 74.4 Å². The Balaban J connectivity index is 0.000000403. The molecule has 8 rings (SSSR count). The predicted molar refractivity (Wildman–Crippen MR) is 217 cm³/mol. The van der Waals surface area contributed by atoms with Crippen LogP contribution < -0.4 is 19.7 Å². The number of morpholine rings is 1. The number of amides is 1. The standard InChI is InChI=1S/C34H41ClN2O6S.C7H14N2O.CH4/c1-22-5-3-7-30(38)27-11-8-25(27)19-37-20-34(15-4-6-23-17-26(35)10-12-28(23)34)21-43-31-13-9-24(18-29(31)37)33(39)36-44(40,41)32(22)14-16-42-2;1-2-9-3-4-10-6-7(9)5-8-1;/h3,7,9-10,12-13,17-18,22,25,27,32H,4-6,8,11,14-16,19-21H2,1-2H3,(H,36,39);7-8H,1-6H2;1H4/b7-3+;;/t22-,25-,27+,32+,34-;7-;/m00./s1. The molecule has 4 aliphatic heterocycles. The molecule has 6 aliphatic rings. The van der Waals surface area contributed by atoms with Gasteiger partial charge in [0.25, 0.3) is 5.91 Å². The van der Waals surface area contributed by atoms with E-state index in [1.54, 1.807) is 30.4 Å². The van der Waals surface area contributed by atoms with Gasteiger partial charge in [-0.2, -0.15) is 0 Å². The van der Waals surface area contributed by atoms with Crippen molar-refractivity contribution in [1.82, 2.24) is 14.9 Å². The van der Waals surface area contributed by atoms with Gasteiger partial charge in [-0.25, -0.2) is 13.1 Å². The first-order chi connectivity index (χ1) is 26.1. The van der Waals surface area contributed by atoms with Gasteiger partial charge in [-0.15, -0.1) is 0 Å². The Kier molecular flexibility index (Phi) is 13.7. The highest BCUT2D eigenvalue weighted by atomic mass is 35.5. The van der Waals surface area contributed by atoms with Gasteiger partial charge >= 0.3 is 0 Å². The number of piperazine rings is 1. The smallest absolute Gasteiger partial charge is 0.264 e. The van der Waals surface area contributed by atoms with Crippen LogP contribution in [-0.4, -0.2) is 109 Å². The summed E-state index contributed by atoms with van der Waals surface area (Å²) in [5.74, 6) is -0.172. The van der Waals surface area contributed by atoms with Gasteiger partial charge in [0.1, 0.15) is 5.75 Å². The van der Waals surface area contributed by atoms with Crippen molar-refractivity contribution in [3.05, 3.63) is 70.3 Å². The number of carbonyl (C=O) groups is 2. The molecule has 0 aromatic heterocycles. The molecule has 1 spiro atoms. The van der Waals surface area contributed by atoms with Gasteiger partial charge in [0.05, 0.1) is 30.8 Å². The molecule has 1 amide bonds. The summed E-state index contributed by atoms with van der Waals surface area (Å²) in [7, 11) is -2.53. The second kappa shape index (κ2) is 18.1. The first-order valence-electron chi connectivity index (χ1n) is 19.7. The summed E-state index contributed by atoms with van der Waals surface area (Å²) < 4.78 is 46.5. The van der Waals surface area contributed by atoms with Crippen molar-refractivity contribution in [3.63, 3.8) is 0 Å². The van der Waals surface area contributed by atoms with E-state index < -0.39 is 21.2 Å². The summed E-state index contributed by atoms with van der Waals surface area (Å²) in [6.07, 6.45) is 8.75. The fourth-order valence-electron chi connectivity index (χ4n) is 9.28. The maximum atomic E-state index is 13.6. The molecule has 11 nitrogen and oxygen atoms in total. The lowest BCUT2D eigenvalue weighted by atomic mass is 9.68. The maximum Gasteiger partial charge on any atom is 0.264 e. The number of nitrogens with one attached hydrogen (secondary N) is 2. The largest absolute Gasteiger partial charge is 0.490 e. The summed E-state index contributed by atoms with van der Waals surface area (Å²) in [5, 5.41) is 3.22. The molecular formula is C42H59ClN4O7S. The van der Waals surface area contributed by atoms with Crippen LogP contribution in [0.2, 0.25) is 5.02 Å². The number of anilines is 1. The molecule has 2 aromatic rings. The Morgan fingerprint density at radius 3 is 2.75 bits per heavy atom. The van der Waals surface area contributed by atoms with E-state index in [2.05, 4.69) is 32.0 Å². The minimum Gasteiger partial charge on any atom is -0.490 e. The zero-order chi connectivity index (χ0) is 37.9. The van der Waals surface area contributed by atoms with Gasteiger partial charge in [-0.1, -0.05) is 38.1 Å². The monoisotopic (exact) mass is 798 g/mol. The predicted octanol–water partition coefficient (Wildman–Crippen LogP) is 5.40. The van der Waals surface area contributed by atoms with Gasteiger partial charge in [-0.3, -0.25) is 14.5 Å². The lowest BCUT2D eigenvalue weighted by Gasteiger charge is -2.44. The normalized spacial score (nSPS) is 31.0. The van der Waals surface area contributed by atoms with Crippen molar-refractivity contribution >= 4 is 39.0 Å². The van der Waals surface area contributed by atoms with Crippen LogP contribution in [0.4, 0.5) is 5.69 Å². The third-order valence-electron chi connectivity index (χ3n) is 12.5. The molecule has 2 saturated heterocycles. The van der Waals surface area contributed by atoms with E-state index in [9.17, 15) is 18.0 Å². The van der Waals surface area contributed by atoms with Crippen molar-refractivity contribution < 1.29 is 32.2 Å². The second-order valence-electron chi connectivity index (χ2n) is 16.0. The summed E-state index contributed by atoms with van der Waals surface area (Å²) in [4.78, 5) is 31.7. The quantitative estimate of drug-likeness (QED) is 0.418. The average Bonchev–Trinajstić information content (AvgIpc) is 3.29. The minimum atomic E-state index is -4.05. The van der Waals surface area contributed by atoms with E-state index in [-0.39, 0.29) is 55.0 Å². The van der Waals surface area contributed by atoms with Gasteiger partial charge in [0.15, 0.2) is 5.78 Å².